The maximum atomic E-state index is 13.3. The summed E-state index contributed by atoms with van der Waals surface area (Å²) in [6.45, 7) is 2.64. The molecule has 1 N–H and O–H groups in total. The van der Waals surface area contributed by atoms with Gasteiger partial charge in [-0.3, -0.25) is 4.98 Å². The molecule has 0 amide bonds. The lowest BCUT2D eigenvalue weighted by molar-refractivity contribution is 0.0696. The van der Waals surface area contributed by atoms with E-state index in [-0.39, 0.29) is 11.4 Å². The van der Waals surface area contributed by atoms with Crippen LogP contribution in [-0.2, 0) is 6.54 Å². The number of aromatic nitrogens is 3. The monoisotopic (exact) mass is 461 g/mol. The number of aromatic carboxylic acids is 1. The second kappa shape index (κ2) is 9.24. The lowest BCUT2D eigenvalue weighted by atomic mass is 9.99. The summed E-state index contributed by atoms with van der Waals surface area (Å²) >= 11 is 0. The van der Waals surface area contributed by atoms with Crippen LogP contribution in [0.5, 0.6) is 0 Å². The van der Waals surface area contributed by atoms with Crippen LogP contribution in [0, 0.1) is 24.6 Å². The Morgan fingerprint density at radius 1 is 0.971 bits per heavy atom. The van der Waals surface area contributed by atoms with Crippen LogP contribution in [0.25, 0.3) is 22.2 Å². The van der Waals surface area contributed by atoms with Crippen LogP contribution >= 0.6 is 0 Å². The van der Waals surface area contributed by atoms with E-state index in [1.165, 1.54) is 18.2 Å². The number of carbonyl (C=O) groups is 1. The topological polar surface area (TPSA) is 68.0 Å². The molecule has 35 heavy (non-hydrogen) atoms. The quantitative estimate of drug-likeness (QED) is 0.349. The number of nitrogens with zero attached hydrogens (tertiary/aromatic N) is 3. The number of pyridine rings is 1. The summed E-state index contributed by atoms with van der Waals surface area (Å²) in [7, 11) is 0. The molecule has 0 bridgehead atoms. The number of aryl methyl sites for hydroxylation is 1. The van der Waals surface area contributed by atoms with Crippen molar-refractivity contribution in [2.45, 2.75) is 13.5 Å². The number of imidazole rings is 1. The number of fused-ring (bicyclic) bond motifs is 1. The van der Waals surface area contributed by atoms with Gasteiger partial charge in [0.15, 0.2) is 0 Å². The molecule has 2 aromatic heterocycles. The minimum Gasteiger partial charge on any atom is -0.478 e. The van der Waals surface area contributed by atoms with Crippen LogP contribution in [-0.4, -0.2) is 25.6 Å². The van der Waals surface area contributed by atoms with Crippen molar-refractivity contribution in [1.82, 2.24) is 14.5 Å². The van der Waals surface area contributed by atoms with E-state index in [0.29, 0.717) is 12.1 Å². The van der Waals surface area contributed by atoms with Gasteiger partial charge in [0.1, 0.15) is 17.2 Å². The summed E-state index contributed by atoms with van der Waals surface area (Å²) in [5.41, 5.74) is 5.84. The van der Waals surface area contributed by atoms with Crippen molar-refractivity contribution in [2.24, 2.45) is 0 Å². The Morgan fingerprint density at radius 3 is 2.46 bits per heavy atom. The molecule has 5 aromatic rings. The molecule has 3 aromatic carbocycles. The third-order valence-corrected chi connectivity index (χ3v) is 5.81. The summed E-state index contributed by atoms with van der Waals surface area (Å²) in [6.07, 6.45) is 3.52. The van der Waals surface area contributed by atoms with Gasteiger partial charge in [0, 0.05) is 23.9 Å². The normalized spacial score (nSPS) is 10.7. The number of carboxylic acid groups (broad SMARTS) is 1. The number of carboxylic acids is 1. The molecule has 0 aliphatic rings. The largest absolute Gasteiger partial charge is 0.478 e. The van der Waals surface area contributed by atoms with Crippen molar-refractivity contribution in [3.05, 3.63) is 119 Å². The van der Waals surface area contributed by atoms with Gasteiger partial charge in [0.25, 0.3) is 0 Å². The van der Waals surface area contributed by atoms with E-state index in [4.69, 9.17) is 0 Å². The van der Waals surface area contributed by atoms with Gasteiger partial charge in [-0.1, -0.05) is 42.2 Å². The highest BCUT2D eigenvalue weighted by atomic mass is 19.1. The Labute approximate surface area is 201 Å². The fraction of sp³-hybridized carbons (Fsp3) is 0.0690. The van der Waals surface area contributed by atoms with E-state index in [9.17, 15) is 14.3 Å². The van der Waals surface area contributed by atoms with Gasteiger partial charge in [-0.05, 0) is 66.1 Å². The van der Waals surface area contributed by atoms with E-state index < -0.39 is 5.97 Å². The molecule has 0 unspecified atom stereocenters. The van der Waals surface area contributed by atoms with Gasteiger partial charge >= 0.3 is 5.97 Å². The van der Waals surface area contributed by atoms with Crippen molar-refractivity contribution in [2.75, 3.05) is 0 Å². The molecule has 0 aliphatic carbocycles. The van der Waals surface area contributed by atoms with Crippen molar-refractivity contribution < 1.29 is 14.3 Å². The highest BCUT2D eigenvalue weighted by Gasteiger charge is 2.11. The summed E-state index contributed by atoms with van der Waals surface area (Å²) in [6, 6.07) is 20.8. The van der Waals surface area contributed by atoms with E-state index in [1.807, 2.05) is 37.3 Å². The standard InChI is InChI=1S/C29H20FN3O2/c1-19-32-27-17-31-15-14-28(27)33(19)18-21-4-2-20(3-5-21)6-7-24-16-23(10-13-26(24)29(34)35)22-8-11-25(30)12-9-22/h2-5,8-17H,18H2,1H3,(H,34,35). The fourth-order valence-corrected chi connectivity index (χ4v) is 3.97. The number of hydrogen-bond acceptors (Lipinski definition) is 3. The zero-order valence-electron chi connectivity index (χ0n) is 18.9. The summed E-state index contributed by atoms with van der Waals surface area (Å²) in [5, 5.41) is 9.59. The molecule has 6 heteroatoms. The average Bonchev–Trinajstić information content (AvgIpc) is 3.18. The van der Waals surface area contributed by atoms with E-state index >= 15 is 0 Å². The highest BCUT2D eigenvalue weighted by Crippen LogP contribution is 2.23. The lowest BCUT2D eigenvalue weighted by Crippen LogP contribution is -2.02. The molecule has 0 atom stereocenters. The van der Waals surface area contributed by atoms with Crippen molar-refractivity contribution in [3.63, 3.8) is 0 Å². The molecule has 5 nitrogen and oxygen atoms in total. The first-order chi connectivity index (χ1) is 17.0. The minimum atomic E-state index is -1.05. The number of benzene rings is 3. The molecule has 0 spiro atoms. The average molecular weight is 461 g/mol. The zero-order chi connectivity index (χ0) is 24.4. The first kappa shape index (κ1) is 22.1. The van der Waals surface area contributed by atoms with Crippen LogP contribution < -0.4 is 0 Å². The first-order valence-corrected chi connectivity index (χ1v) is 11.0. The first-order valence-electron chi connectivity index (χ1n) is 11.0. The zero-order valence-corrected chi connectivity index (χ0v) is 18.9. The van der Waals surface area contributed by atoms with Gasteiger partial charge in [-0.15, -0.1) is 0 Å². The Bertz CT molecular complexity index is 1610. The second-order valence-electron chi connectivity index (χ2n) is 8.13. The summed E-state index contributed by atoms with van der Waals surface area (Å²) < 4.78 is 15.4. The Morgan fingerprint density at radius 2 is 1.71 bits per heavy atom. The predicted molar refractivity (Wildman–Crippen MR) is 133 cm³/mol. The Balaban J connectivity index is 1.41. The van der Waals surface area contributed by atoms with Gasteiger partial charge < -0.3 is 9.67 Å². The molecule has 0 saturated carbocycles. The molecule has 0 aliphatic heterocycles. The molecule has 5 rings (SSSR count). The Kier molecular flexibility index (Phi) is 5.82. The summed E-state index contributed by atoms with van der Waals surface area (Å²) in [4.78, 5) is 20.4. The molecule has 2 heterocycles. The number of halogens is 1. The van der Waals surface area contributed by atoms with E-state index in [1.54, 1.807) is 36.7 Å². The van der Waals surface area contributed by atoms with E-state index in [0.717, 1.165) is 39.1 Å². The van der Waals surface area contributed by atoms with Gasteiger partial charge in [-0.2, -0.15) is 0 Å². The van der Waals surface area contributed by atoms with Crippen LogP contribution in [0.15, 0.2) is 85.2 Å². The van der Waals surface area contributed by atoms with Crippen molar-refractivity contribution in [1.29, 1.82) is 0 Å². The molecular weight excluding hydrogens is 441 g/mol. The van der Waals surface area contributed by atoms with Crippen molar-refractivity contribution >= 4 is 17.0 Å². The summed E-state index contributed by atoms with van der Waals surface area (Å²) in [5.74, 6) is 5.62. The number of rotatable bonds is 4. The Hall–Kier alpha value is -4.76. The molecule has 0 radical (unpaired) electrons. The number of hydrogen-bond donors (Lipinski definition) is 1. The third kappa shape index (κ3) is 4.66. The minimum absolute atomic E-state index is 0.122. The molecule has 170 valence electrons. The van der Waals surface area contributed by atoms with Crippen LogP contribution in [0.1, 0.15) is 32.9 Å². The lowest BCUT2D eigenvalue weighted by Gasteiger charge is -2.07. The third-order valence-electron chi connectivity index (χ3n) is 5.81. The molecule has 0 saturated heterocycles. The van der Waals surface area contributed by atoms with Crippen LogP contribution in [0.4, 0.5) is 4.39 Å². The van der Waals surface area contributed by atoms with Crippen molar-refractivity contribution in [3.8, 4) is 23.0 Å². The van der Waals surface area contributed by atoms with E-state index in [2.05, 4.69) is 26.4 Å². The molecular formula is C29H20FN3O2. The van der Waals surface area contributed by atoms with Gasteiger partial charge in [0.2, 0.25) is 0 Å². The van der Waals surface area contributed by atoms with Crippen LogP contribution in [0.3, 0.4) is 0 Å². The SMILES string of the molecule is Cc1nc2cnccc2n1Cc1ccc(C#Cc2cc(-c3ccc(F)cc3)ccc2C(=O)O)cc1. The maximum Gasteiger partial charge on any atom is 0.336 e. The van der Waals surface area contributed by atoms with Gasteiger partial charge in [-0.25, -0.2) is 14.2 Å². The maximum absolute atomic E-state index is 13.3. The molecule has 0 fully saturated rings. The predicted octanol–water partition coefficient (Wildman–Crippen LogP) is 5.69. The smallest absolute Gasteiger partial charge is 0.336 e. The van der Waals surface area contributed by atoms with Gasteiger partial charge in [0.05, 0.1) is 17.3 Å². The van der Waals surface area contributed by atoms with Crippen LogP contribution in [0.2, 0.25) is 0 Å². The highest BCUT2D eigenvalue weighted by molar-refractivity contribution is 5.92. The fourth-order valence-electron chi connectivity index (χ4n) is 3.97. The second-order valence-corrected chi connectivity index (χ2v) is 8.13.